The van der Waals surface area contributed by atoms with Gasteiger partial charge in [0.25, 0.3) is 0 Å². The van der Waals surface area contributed by atoms with Crippen molar-refractivity contribution >= 4 is 5.69 Å². The lowest BCUT2D eigenvalue weighted by molar-refractivity contribution is 0.103. The fraction of sp³-hybridized carbons (Fsp3) is 0.625. The summed E-state index contributed by atoms with van der Waals surface area (Å²) in [6, 6.07) is 8.19. The van der Waals surface area contributed by atoms with Crippen LogP contribution in [0.2, 0.25) is 0 Å². The number of ether oxygens (including phenoxy) is 2. The van der Waals surface area contributed by atoms with Crippen molar-refractivity contribution in [3.63, 3.8) is 0 Å². The molecule has 0 radical (unpaired) electrons. The highest BCUT2D eigenvalue weighted by Crippen LogP contribution is 2.34. The quantitative estimate of drug-likeness (QED) is 0.705. The average molecular weight is 278 g/mol. The Morgan fingerprint density at radius 2 is 1.85 bits per heavy atom. The van der Waals surface area contributed by atoms with Gasteiger partial charge in [-0.05, 0) is 49.9 Å². The SMILES string of the molecule is COCCN(CCOc1ccc(N)cc1)C(C)C1CC1. The Hall–Kier alpha value is -1.26. The van der Waals surface area contributed by atoms with Crippen LogP contribution in [0.1, 0.15) is 19.8 Å². The number of hydrogen-bond acceptors (Lipinski definition) is 4. The van der Waals surface area contributed by atoms with Crippen LogP contribution in [0.15, 0.2) is 24.3 Å². The van der Waals surface area contributed by atoms with Crippen molar-refractivity contribution in [1.82, 2.24) is 4.90 Å². The predicted molar refractivity (Wildman–Crippen MR) is 82.0 cm³/mol. The van der Waals surface area contributed by atoms with Crippen molar-refractivity contribution in [2.24, 2.45) is 5.92 Å². The highest BCUT2D eigenvalue weighted by atomic mass is 16.5. The van der Waals surface area contributed by atoms with Crippen molar-refractivity contribution in [1.29, 1.82) is 0 Å². The fourth-order valence-electron chi connectivity index (χ4n) is 2.45. The Labute approximate surface area is 121 Å². The third kappa shape index (κ3) is 4.69. The predicted octanol–water partition coefficient (Wildman–Crippen LogP) is 2.39. The van der Waals surface area contributed by atoms with Gasteiger partial charge in [-0.2, -0.15) is 0 Å². The molecule has 2 N–H and O–H groups in total. The third-order valence-electron chi connectivity index (χ3n) is 3.99. The summed E-state index contributed by atoms with van der Waals surface area (Å²) < 4.78 is 11.0. The van der Waals surface area contributed by atoms with E-state index in [9.17, 15) is 0 Å². The maximum Gasteiger partial charge on any atom is 0.119 e. The second kappa shape index (κ2) is 7.50. The van der Waals surface area contributed by atoms with E-state index in [0.717, 1.165) is 37.1 Å². The zero-order valence-electron chi connectivity index (χ0n) is 12.5. The van der Waals surface area contributed by atoms with E-state index in [0.29, 0.717) is 12.6 Å². The largest absolute Gasteiger partial charge is 0.492 e. The van der Waals surface area contributed by atoms with Crippen LogP contribution in [0.5, 0.6) is 5.75 Å². The average Bonchev–Trinajstić information content (AvgIpc) is 3.28. The number of hydrogen-bond donors (Lipinski definition) is 1. The minimum Gasteiger partial charge on any atom is -0.492 e. The summed E-state index contributed by atoms with van der Waals surface area (Å²) in [7, 11) is 1.75. The van der Waals surface area contributed by atoms with Crippen molar-refractivity contribution in [2.45, 2.75) is 25.8 Å². The van der Waals surface area contributed by atoms with Crippen molar-refractivity contribution in [2.75, 3.05) is 39.1 Å². The lowest BCUT2D eigenvalue weighted by Crippen LogP contribution is -2.39. The topological polar surface area (TPSA) is 47.7 Å². The van der Waals surface area contributed by atoms with Crippen molar-refractivity contribution < 1.29 is 9.47 Å². The van der Waals surface area contributed by atoms with Gasteiger partial charge in [-0.15, -0.1) is 0 Å². The van der Waals surface area contributed by atoms with Crippen LogP contribution >= 0.6 is 0 Å². The molecule has 2 rings (SSSR count). The zero-order valence-corrected chi connectivity index (χ0v) is 12.5. The van der Waals surface area contributed by atoms with Crippen LogP contribution in [0.4, 0.5) is 5.69 Å². The molecule has 1 aliphatic rings. The molecule has 1 saturated carbocycles. The number of benzene rings is 1. The molecule has 0 aromatic heterocycles. The molecule has 1 aromatic carbocycles. The number of nitrogens with zero attached hydrogens (tertiary/aromatic N) is 1. The van der Waals surface area contributed by atoms with E-state index in [4.69, 9.17) is 15.2 Å². The van der Waals surface area contributed by atoms with E-state index >= 15 is 0 Å². The lowest BCUT2D eigenvalue weighted by Gasteiger charge is -2.28. The summed E-state index contributed by atoms with van der Waals surface area (Å²) in [4.78, 5) is 2.47. The highest BCUT2D eigenvalue weighted by Gasteiger charge is 2.31. The first-order chi connectivity index (χ1) is 9.70. The molecule has 0 bridgehead atoms. The minimum absolute atomic E-state index is 0.625. The standard InChI is InChI=1S/C16H26N2O2/c1-13(14-3-4-14)18(9-11-19-2)10-12-20-16-7-5-15(17)6-8-16/h5-8,13-14H,3-4,9-12,17H2,1-2H3. The molecule has 1 aromatic rings. The molecule has 1 fully saturated rings. The number of rotatable bonds is 9. The Morgan fingerprint density at radius 1 is 1.20 bits per heavy atom. The maximum absolute atomic E-state index is 5.78. The zero-order chi connectivity index (χ0) is 14.4. The molecule has 20 heavy (non-hydrogen) atoms. The molecule has 0 saturated heterocycles. The van der Waals surface area contributed by atoms with E-state index in [-0.39, 0.29) is 0 Å². The van der Waals surface area contributed by atoms with Crippen molar-refractivity contribution in [3.8, 4) is 5.75 Å². The summed E-state index contributed by atoms with van der Waals surface area (Å²) in [5.74, 6) is 1.74. The van der Waals surface area contributed by atoms with Gasteiger partial charge in [-0.1, -0.05) is 0 Å². The molecule has 4 nitrogen and oxygen atoms in total. The van der Waals surface area contributed by atoms with Crippen LogP contribution in [0, 0.1) is 5.92 Å². The van der Waals surface area contributed by atoms with E-state index in [1.165, 1.54) is 12.8 Å². The van der Waals surface area contributed by atoms with E-state index in [2.05, 4.69) is 11.8 Å². The molecular weight excluding hydrogens is 252 g/mol. The maximum atomic E-state index is 5.78. The molecule has 0 aliphatic heterocycles. The summed E-state index contributed by atoms with van der Waals surface area (Å²) in [6.45, 7) is 5.70. The Bertz CT molecular complexity index is 390. The molecule has 0 amide bonds. The van der Waals surface area contributed by atoms with E-state index < -0.39 is 0 Å². The molecule has 1 unspecified atom stereocenters. The summed E-state index contributed by atoms with van der Waals surface area (Å²) in [5, 5.41) is 0. The first-order valence-corrected chi connectivity index (χ1v) is 7.42. The van der Waals surface area contributed by atoms with Crippen LogP contribution in [-0.4, -0.2) is 44.4 Å². The minimum atomic E-state index is 0.625. The number of anilines is 1. The molecular formula is C16H26N2O2. The first kappa shape index (κ1) is 15.1. The van der Waals surface area contributed by atoms with Gasteiger partial charge in [-0.3, -0.25) is 4.90 Å². The highest BCUT2D eigenvalue weighted by molar-refractivity contribution is 5.41. The van der Waals surface area contributed by atoms with Gasteiger partial charge in [0.15, 0.2) is 0 Å². The summed E-state index contributed by atoms with van der Waals surface area (Å²) >= 11 is 0. The third-order valence-corrected chi connectivity index (χ3v) is 3.99. The smallest absolute Gasteiger partial charge is 0.119 e. The number of nitrogen functional groups attached to an aromatic ring is 1. The van der Waals surface area contributed by atoms with Gasteiger partial charge in [0.1, 0.15) is 12.4 Å². The Kier molecular flexibility index (Phi) is 5.68. The van der Waals surface area contributed by atoms with Crippen LogP contribution in [0.25, 0.3) is 0 Å². The second-order valence-electron chi connectivity index (χ2n) is 5.52. The summed E-state index contributed by atoms with van der Waals surface area (Å²) in [6.07, 6.45) is 2.73. The molecule has 1 aliphatic carbocycles. The van der Waals surface area contributed by atoms with Crippen LogP contribution in [-0.2, 0) is 4.74 Å². The van der Waals surface area contributed by atoms with Gasteiger partial charge < -0.3 is 15.2 Å². The molecule has 112 valence electrons. The fourth-order valence-corrected chi connectivity index (χ4v) is 2.45. The van der Waals surface area contributed by atoms with Crippen LogP contribution in [0.3, 0.4) is 0 Å². The summed E-state index contributed by atoms with van der Waals surface area (Å²) in [5.41, 5.74) is 6.43. The molecule has 4 heteroatoms. The van der Waals surface area contributed by atoms with Gasteiger partial charge in [0.2, 0.25) is 0 Å². The van der Waals surface area contributed by atoms with Gasteiger partial charge in [0, 0.05) is 31.9 Å². The van der Waals surface area contributed by atoms with Gasteiger partial charge in [0.05, 0.1) is 6.61 Å². The van der Waals surface area contributed by atoms with E-state index in [1.807, 2.05) is 24.3 Å². The van der Waals surface area contributed by atoms with Gasteiger partial charge >= 0.3 is 0 Å². The number of methoxy groups -OCH3 is 1. The second-order valence-corrected chi connectivity index (χ2v) is 5.52. The Morgan fingerprint density at radius 3 is 2.45 bits per heavy atom. The first-order valence-electron chi connectivity index (χ1n) is 7.42. The molecule has 0 heterocycles. The molecule has 1 atom stereocenters. The van der Waals surface area contributed by atoms with E-state index in [1.54, 1.807) is 7.11 Å². The van der Waals surface area contributed by atoms with Crippen molar-refractivity contribution in [3.05, 3.63) is 24.3 Å². The normalized spacial score (nSPS) is 16.4. The van der Waals surface area contributed by atoms with Crippen LogP contribution < -0.4 is 10.5 Å². The molecule has 0 spiro atoms. The Balaban J connectivity index is 1.76. The van der Waals surface area contributed by atoms with Gasteiger partial charge in [-0.25, -0.2) is 0 Å². The lowest BCUT2D eigenvalue weighted by atomic mass is 10.2. The number of nitrogens with two attached hydrogens (primary N) is 1. The monoisotopic (exact) mass is 278 g/mol.